The molecule has 0 saturated carbocycles. The third-order valence-electron chi connectivity index (χ3n) is 3.40. The average Bonchev–Trinajstić information content (AvgIpc) is 2.30. The third-order valence-corrected chi connectivity index (χ3v) is 3.40. The van der Waals surface area contributed by atoms with Crippen molar-refractivity contribution in [3.63, 3.8) is 0 Å². The number of amides is 2. The van der Waals surface area contributed by atoms with Gasteiger partial charge in [0.05, 0.1) is 0 Å². The molecule has 0 aliphatic heterocycles. The Hall–Kier alpha value is -1.79. The van der Waals surface area contributed by atoms with Gasteiger partial charge in [-0.3, -0.25) is 4.79 Å². The highest BCUT2D eigenvalue weighted by molar-refractivity contribution is 5.83. The summed E-state index contributed by atoms with van der Waals surface area (Å²) in [6.45, 7) is 7.79. The van der Waals surface area contributed by atoms with Crippen LogP contribution in [0.5, 0.6) is 0 Å². The number of nitrogens with one attached hydrogen (secondary N) is 1. The summed E-state index contributed by atoms with van der Waals surface area (Å²) >= 11 is 0. The number of carboxylic acid groups (broad SMARTS) is 2. The number of aliphatic carboxylic acids is 2. The Kier molecular flexibility index (Phi) is 6.48. The van der Waals surface area contributed by atoms with Crippen molar-refractivity contribution in [2.45, 2.75) is 52.6 Å². The molecule has 2 atom stereocenters. The molecule has 0 rings (SSSR count). The van der Waals surface area contributed by atoms with Gasteiger partial charge in [0.15, 0.2) is 0 Å². The van der Waals surface area contributed by atoms with Crippen LogP contribution >= 0.6 is 0 Å². The van der Waals surface area contributed by atoms with E-state index in [0.717, 1.165) is 0 Å². The lowest BCUT2D eigenvalue weighted by atomic mass is 9.87. The van der Waals surface area contributed by atoms with Crippen molar-refractivity contribution in [1.29, 1.82) is 0 Å². The van der Waals surface area contributed by atoms with Crippen LogP contribution in [0.25, 0.3) is 0 Å². The zero-order valence-electron chi connectivity index (χ0n) is 12.6. The molecule has 0 aromatic carbocycles. The van der Waals surface area contributed by atoms with Gasteiger partial charge in [-0.1, -0.05) is 20.8 Å². The predicted octanol–water partition coefficient (Wildman–Crippen LogP) is 1.38. The lowest BCUT2D eigenvalue weighted by Crippen LogP contribution is -2.52. The van der Waals surface area contributed by atoms with Gasteiger partial charge in [-0.2, -0.15) is 0 Å². The second-order valence-electron chi connectivity index (χ2n) is 5.93. The minimum atomic E-state index is -1.24. The number of urea groups is 1. The van der Waals surface area contributed by atoms with E-state index in [0.29, 0.717) is 0 Å². The number of carbonyl (C=O) groups excluding carboxylic acids is 1. The first-order valence-corrected chi connectivity index (χ1v) is 6.44. The maximum Gasteiger partial charge on any atom is 0.326 e. The lowest BCUT2D eigenvalue weighted by Gasteiger charge is -2.35. The fraction of sp³-hybridized carbons (Fsp3) is 0.769. The Bertz CT molecular complexity index is 375. The van der Waals surface area contributed by atoms with Crippen molar-refractivity contribution in [1.82, 2.24) is 10.2 Å². The molecule has 0 bridgehead atoms. The molecular weight excluding hydrogens is 264 g/mol. The summed E-state index contributed by atoms with van der Waals surface area (Å²) in [5, 5.41) is 19.9. The minimum Gasteiger partial charge on any atom is -0.481 e. The zero-order valence-corrected chi connectivity index (χ0v) is 12.6. The van der Waals surface area contributed by atoms with Gasteiger partial charge in [-0.25, -0.2) is 9.59 Å². The maximum absolute atomic E-state index is 12.0. The Labute approximate surface area is 119 Å². The standard InChI is InChI=1S/C13H24N2O5/c1-8(13(2,3)4)15(5)12(20)14-9(11(18)19)6-7-10(16)17/h8-9H,6-7H2,1-5H3,(H,14,20)(H,16,17)(H,18,19)/t8?,9-/m0/s1. The number of hydrogen-bond donors (Lipinski definition) is 3. The van der Waals surface area contributed by atoms with Crippen molar-refractivity contribution in [3.8, 4) is 0 Å². The van der Waals surface area contributed by atoms with Crippen molar-refractivity contribution >= 4 is 18.0 Å². The van der Waals surface area contributed by atoms with Gasteiger partial charge in [-0.05, 0) is 18.8 Å². The van der Waals surface area contributed by atoms with Crippen LogP contribution in [0.15, 0.2) is 0 Å². The Morgan fingerprint density at radius 2 is 1.70 bits per heavy atom. The van der Waals surface area contributed by atoms with Gasteiger partial charge < -0.3 is 20.4 Å². The fourth-order valence-electron chi connectivity index (χ4n) is 1.53. The highest BCUT2D eigenvalue weighted by Crippen LogP contribution is 2.23. The summed E-state index contributed by atoms with van der Waals surface area (Å²) < 4.78 is 0. The van der Waals surface area contributed by atoms with Crippen molar-refractivity contribution in [2.75, 3.05) is 7.05 Å². The third kappa shape index (κ3) is 5.90. The van der Waals surface area contributed by atoms with Gasteiger partial charge in [0.25, 0.3) is 0 Å². The molecule has 7 nitrogen and oxygen atoms in total. The number of carboxylic acids is 2. The molecule has 1 unspecified atom stereocenters. The highest BCUT2D eigenvalue weighted by atomic mass is 16.4. The molecule has 0 radical (unpaired) electrons. The van der Waals surface area contributed by atoms with E-state index >= 15 is 0 Å². The molecule has 0 spiro atoms. The van der Waals surface area contributed by atoms with Crippen LogP contribution in [0, 0.1) is 5.41 Å². The molecule has 0 fully saturated rings. The first-order valence-electron chi connectivity index (χ1n) is 6.44. The summed E-state index contributed by atoms with van der Waals surface area (Å²) in [5.74, 6) is -2.33. The van der Waals surface area contributed by atoms with Crippen LogP contribution in [0.4, 0.5) is 4.79 Å². The number of rotatable bonds is 6. The number of hydrogen-bond acceptors (Lipinski definition) is 3. The molecule has 3 N–H and O–H groups in total. The molecular formula is C13H24N2O5. The Morgan fingerprint density at radius 3 is 2.05 bits per heavy atom. The molecule has 2 amide bonds. The first-order chi connectivity index (χ1) is 8.96. The van der Waals surface area contributed by atoms with Gasteiger partial charge in [0.2, 0.25) is 0 Å². The molecule has 0 heterocycles. The van der Waals surface area contributed by atoms with Crippen molar-refractivity contribution in [2.24, 2.45) is 5.41 Å². The van der Waals surface area contributed by atoms with E-state index < -0.39 is 24.0 Å². The van der Waals surface area contributed by atoms with E-state index in [1.54, 1.807) is 7.05 Å². The predicted molar refractivity (Wildman–Crippen MR) is 73.5 cm³/mol. The van der Waals surface area contributed by atoms with Crippen LogP contribution in [0.2, 0.25) is 0 Å². The second-order valence-corrected chi connectivity index (χ2v) is 5.93. The van der Waals surface area contributed by atoms with Crippen molar-refractivity contribution < 1.29 is 24.6 Å². The van der Waals surface area contributed by atoms with E-state index in [1.807, 2.05) is 27.7 Å². The summed E-state index contributed by atoms with van der Waals surface area (Å²) in [5.41, 5.74) is -0.147. The van der Waals surface area contributed by atoms with E-state index in [-0.39, 0.29) is 24.3 Å². The maximum atomic E-state index is 12.0. The average molecular weight is 288 g/mol. The highest BCUT2D eigenvalue weighted by Gasteiger charge is 2.29. The van der Waals surface area contributed by atoms with Crippen LogP contribution in [0.3, 0.4) is 0 Å². The molecule has 20 heavy (non-hydrogen) atoms. The van der Waals surface area contributed by atoms with Gasteiger partial charge in [0, 0.05) is 19.5 Å². The normalized spacial score (nSPS) is 14.2. The quantitative estimate of drug-likeness (QED) is 0.684. The SMILES string of the molecule is CC(N(C)C(=O)N[C@@H](CCC(=O)O)C(=O)O)C(C)(C)C. The van der Waals surface area contributed by atoms with Crippen LogP contribution in [-0.4, -0.2) is 52.2 Å². The summed E-state index contributed by atoms with van der Waals surface area (Å²) in [4.78, 5) is 34.9. The number of nitrogens with zero attached hydrogens (tertiary/aromatic N) is 1. The molecule has 0 aliphatic rings. The van der Waals surface area contributed by atoms with E-state index in [2.05, 4.69) is 5.32 Å². The minimum absolute atomic E-state index is 0.101. The van der Waals surface area contributed by atoms with E-state index in [9.17, 15) is 14.4 Å². The van der Waals surface area contributed by atoms with Gasteiger partial charge in [-0.15, -0.1) is 0 Å². The van der Waals surface area contributed by atoms with Crippen molar-refractivity contribution in [3.05, 3.63) is 0 Å². The molecule has 0 aliphatic carbocycles. The Morgan fingerprint density at radius 1 is 1.20 bits per heavy atom. The van der Waals surface area contributed by atoms with Crippen LogP contribution in [0.1, 0.15) is 40.5 Å². The van der Waals surface area contributed by atoms with Crippen LogP contribution < -0.4 is 5.32 Å². The lowest BCUT2D eigenvalue weighted by molar-refractivity contribution is -0.140. The van der Waals surface area contributed by atoms with Gasteiger partial charge >= 0.3 is 18.0 Å². The van der Waals surface area contributed by atoms with E-state index in [4.69, 9.17) is 10.2 Å². The molecule has 0 aromatic heterocycles. The fourth-order valence-corrected chi connectivity index (χ4v) is 1.53. The topological polar surface area (TPSA) is 107 Å². The second kappa shape index (κ2) is 7.12. The molecule has 116 valence electrons. The monoisotopic (exact) mass is 288 g/mol. The largest absolute Gasteiger partial charge is 0.481 e. The Balaban J connectivity index is 4.68. The molecule has 0 aromatic rings. The summed E-state index contributed by atoms with van der Waals surface area (Å²) in [6, 6.07) is -1.82. The molecule has 0 saturated heterocycles. The smallest absolute Gasteiger partial charge is 0.326 e. The van der Waals surface area contributed by atoms with Gasteiger partial charge in [0.1, 0.15) is 6.04 Å². The van der Waals surface area contributed by atoms with E-state index in [1.165, 1.54) is 4.90 Å². The molecule has 7 heteroatoms. The summed E-state index contributed by atoms with van der Waals surface area (Å²) in [6.07, 6.45) is -0.454. The first kappa shape index (κ1) is 18.2. The summed E-state index contributed by atoms with van der Waals surface area (Å²) in [7, 11) is 1.58. The number of carbonyl (C=O) groups is 3. The van der Waals surface area contributed by atoms with Crippen LogP contribution in [-0.2, 0) is 9.59 Å². The zero-order chi connectivity index (χ0) is 16.1.